The molecule has 0 aliphatic rings. The number of hydrogen-bond donors (Lipinski definition) is 1. The van der Waals surface area contributed by atoms with Gasteiger partial charge in [-0.3, -0.25) is 4.79 Å². The molecule has 0 aromatic carbocycles. The van der Waals surface area contributed by atoms with Crippen molar-refractivity contribution < 1.29 is 15.7 Å². The third-order valence-electron chi connectivity index (χ3n) is 2.21. The molecule has 0 aromatic heterocycles. The number of hydrogen-bond acceptors (Lipinski definition) is 5. The lowest BCUT2D eigenvalue weighted by Crippen LogP contribution is -2.28. The van der Waals surface area contributed by atoms with E-state index in [1.54, 1.807) is 0 Å². The summed E-state index contributed by atoms with van der Waals surface area (Å²) in [4.78, 5) is 12.8. The Labute approximate surface area is 120 Å². The van der Waals surface area contributed by atoms with E-state index >= 15 is 0 Å². The molecule has 0 saturated carbocycles. The number of nitrogens with zero attached hydrogens (tertiary/aromatic N) is 1. The van der Waals surface area contributed by atoms with E-state index in [-0.39, 0.29) is 13.8 Å². The third kappa shape index (κ3) is 20.0. The summed E-state index contributed by atoms with van der Waals surface area (Å²) in [5.74, 6) is 0.0689. The lowest BCUT2D eigenvalue weighted by atomic mass is 10.5. The Morgan fingerprint density at radius 3 is 2.26 bits per heavy atom. The first kappa shape index (κ1) is 20.8. The highest BCUT2D eigenvalue weighted by Crippen LogP contribution is 1.85. The number of ketones is 1. The Hall–Kier alpha value is -0.490. The van der Waals surface area contributed by atoms with E-state index in [1.807, 2.05) is 20.9 Å². The van der Waals surface area contributed by atoms with Crippen molar-refractivity contribution in [2.45, 2.75) is 27.7 Å². The molecule has 0 unspecified atom stereocenters. The van der Waals surface area contributed by atoms with Gasteiger partial charge in [-0.25, -0.2) is 0 Å². The maximum atomic E-state index is 10.6. The van der Waals surface area contributed by atoms with Gasteiger partial charge in [0.05, 0.1) is 19.8 Å². The van der Waals surface area contributed by atoms with E-state index < -0.39 is 0 Å². The van der Waals surface area contributed by atoms with Gasteiger partial charge in [-0.05, 0) is 20.5 Å². The van der Waals surface area contributed by atoms with Crippen molar-refractivity contribution in [2.24, 2.45) is 0 Å². The molecule has 0 spiro atoms. The van der Waals surface area contributed by atoms with Crippen molar-refractivity contribution in [3.8, 4) is 0 Å². The van der Waals surface area contributed by atoms with Crippen molar-refractivity contribution in [3.63, 3.8) is 0 Å². The fourth-order valence-corrected chi connectivity index (χ4v) is 1.19. The van der Waals surface area contributed by atoms with Crippen molar-refractivity contribution in [3.05, 3.63) is 0 Å². The van der Waals surface area contributed by atoms with E-state index in [9.17, 15) is 4.79 Å². The zero-order valence-electron chi connectivity index (χ0n) is 13.3. The summed E-state index contributed by atoms with van der Waals surface area (Å²) >= 11 is 0. The first-order chi connectivity index (χ1) is 9.16. The predicted molar refractivity (Wildman–Crippen MR) is 81.8 cm³/mol. The Balaban J connectivity index is -0.000000916. The molecule has 19 heavy (non-hydrogen) atoms. The summed E-state index contributed by atoms with van der Waals surface area (Å²) in [6.45, 7) is 13.5. The fraction of sp³-hybridized carbons (Fsp3) is 0.929. The number of carbonyl (C=O) groups is 1. The minimum atomic E-state index is 0. The number of Topliss-reactive ketones (excluding diaryl/α,β-unsaturated/α-hetero) is 1. The number of rotatable bonds is 12. The number of likely N-dealkylation sites (N-methyl/N-ethyl adjacent to an activating group) is 2. The maximum absolute atomic E-state index is 10.6. The summed E-state index contributed by atoms with van der Waals surface area (Å²) in [5.41, 5.74) is 0. The average Bonchev–Trinajstić information content (AvgIpc) is 2.41. The van der Waals surface area contributed by atoms with Crippen molar-refractivity contribution in [1.82, 2.24) is 10.2 Å². The first-order valence-electron chi connectivity index (χ1n) is 7.21. The largest absolute Gasteiger partial charge is 0.379 e. The Morgan fingerprint density at radius 1 is 1.16 bits per heavy atom. The second-order valence-electron chi connectivity index (χ2n) is 4.02. The first-order valence-corrected chi connectivity index (χ1v) is 7.21. The molecule has 0 fully saturated rings. The van der Waals surface area contributed by atoms with Crippen LogP contribution >= 0.6 is 0 Å². The van der Waals surface area contributed by atoms with Gasteiger partial charge in [0, 0.05) is 21.1 Å². The van der Waals surface area contributed by atoms with Crippen molar-refractivity contribution >= 4 is 5.78 Å². The summed E-state index contributed by atoms with van der Waals surface area (Å²) in [7, 11) is 2.02. The SMILES string of the molecule is CC.CCNCCOCCN(C)CCOCC(C)=O.[HH]. The van der Waals surface area contributed by atoms with Crippen LogP contribution in [0.25, 0.3) is 0 Å². The third-order valence-corrected chi connectivity index (χ3v) is 2.21. The zero-order valence-corrected chi connectivity index (χ0v) is 13.3. The van der Waals surface area contributed by atoms with Crippen LogP contribution in [0.1, 0.15) is 29.1 Å². The van der Waals surface area contributed by atoms with E-state index in [1.165, 1.54) is 6.92 Å². The molecule has 0 saturated heterocycles. The van der Waals surface area contributed by atoms with Gasteiger partial charge in [-0.1, -0.05) is 20.8 Å². The van der Waals surface area contributed by atoms with E-state index in [2.05, 4.69) is 17.1 Å². The average molecular weight is 278 g/mol. The van der Waals surface area contributed by atoms with Crippen molar-refractivity contribution in [1.29, 1.82) is 0 Å². The minimum Gasteiger partial charge on any atom is -0.379 e. The molecule has 0 aromatic rings. The van der Waals surface area contributed by atoms with Crippen LogP contribution in [0.15, 0.2) is 0 Å². The predicted octanol–water partition coefficient (Wildman–Crippen LogP) is 1.42. The number of nitrogens with one attached hydrogen (secondary N) is 1. The van der Waals surface area contributed by atoms with Gasteiger partial charge < -0.3 is 19.7 Å². The van der Waals surface area contributed by atoms with Crippen LogP contribution in [0, 0.1) is 0 Å². The Morgan fingerprint density at radius 2 is 1.74 bits per heavy atom. The van der Waals surface area contributed by atoms with Gasteiger partial charge in [-0.2, -0.15) is 0 Å². The molecular weight excluding hydrogens is 244 g/mol. The molecule has 0 radical (unpaired) electrons. The second-order valence-corrected chi connectivity index (χ2v) is 4.02. The Kier molecular flexibility index (Phi) is 19.2. The summed E-state index contributed by atoms with van der Waals surface area (Å²) < 4.78 is 10.6. The number of ether oxygens (including phenoxy) is 2. The highest BCUT2D eigenvalue weighted by molar-refractivity contribution is 5.76. The maximum Gasteiger partial charge on any atom is 0.155 e. The molecule has 118 valence electrons. The normalized spacial score (nSPS) is 10.2. The highest BCUT2D eigenvalue weighted by atomic mass is 16.5. The van der Waals surface area contributed by atoms with Gasteiger partial charge >= 0.3 is 0 Å². The quantitative estimate of drug-likeness (QED) is 0.547. The van der Waals surface area contributed by atoms with Crippen LogP contribution in [0.2, 0.25) is 0 Å². The molecule has 0 amide bonds. The molecular formula is C14H34N2O3. The molecule has 0 rings (SSSR count). The second kappa shape index (κ2) is 17.5. The van der Waals surface area contributed by atoms with E-state index in [4.69, 9.17) is 9.47 Å². The van der Waals surface area contributed by atoms with Gasteiger partial charge in [0.25, 0.3) is 0 Å². The lowest BCUT2D eigenvalue weighted by molar-refractivity contribution is -0.121. The van der Waals surface area contributed by atoms with Crippen LogP contribution in [0.4, 0.5) is 0 Å². The summed E-state index contributed by atoms with van der Waals surface area (Å²) in [5, 5.41) is 3.20. The minimum absolute atomic E-state index is 0. The molecule has 0 aliphatic carbocycles. The molecule has 5 nitrogen and oxygen atoms in total. The van der Waals surface area contributed by atoms with E-state index in [0.29, 0.717) is 6.61 Å². The highest BCUT2D eigenvalue weighted by Gasteiger charge is 1.99. The van der Waals surface area contributed by atoms with Gasteiger partial charge in [0.1, 0.15) is 6.61 Å². The summed E-state index contributed by atoms with van der Waals surface area (Å²) in [6.07, 6.45) is 0. The van der Waals surface area contributed by atoms with Gasteiger partial charge in [0.15, 0.2) is 5.78 Å². The van der Waals surface area contributed by atoms with Gasteiger partial charge in [0.2, 0.25) is 0 Å². The molecule has 5 heteroatoms. The smallest absolute Gasteiger partial charge is 0.155 e. The summed E-state index contributed by atoms with van der Waals surface area (Å²) in [6, 6.07) is 0. The van der Waals surface area contributed by atoms with Gasteiger partial charge in [-0.15, -0.1) is 0 Å². The number of carbonyl (C=O) groups excluding carboxylic acids is 1. The fourth-order valence-electron chi connectivity index (χ4n) is 1.19. The zero-order chi connectivity index (χ0) is 14.9. The van der Waals surface area contributed by atoms with Crippen LogP contribution < -0.4 is 5.32 Å². The molecule has 1 N–H and O–H groups in total. The molecule has 0 aliphatic heterocycles. The standard InChI is InChI=1S/C12H26N2O3.C2H6.H2/c1-4-13-5-8-16-9-6-14(3)7-10-17-11-12(2)15;1-2;/h13H,4-11H2,1-3H3;1-2H3;1H. The van der Waals surface area contributed by atoms with E-state index in [0.717, 1.165) is 39.4 Å². The topological polar surface area (TPSA) is 50.8 Å². The van der Waals surface area contributed by atoms with Crippen LogP contribution in [0.3, 0.4) is 0 Å². The monoisotopic (exact) mass is 278 g/mol. The van der Waals surface area contributed by atoms with Crippen LogP contribution in [-0.2, 0) is 14.3 Å². The Bertz CT molecular complexity index is 195. The van der Waals surface area contributed by atoms with Crippen LogP contribution in [0.5, 0.6) is 0 Å². The molecule has 0 atom stereocenters. The van der Waals surface area contributed by atoms with Crippen molar-refractivity contribution in [2.75, 3.05) is 59.7 Å². The molecule has 0 heterocycles. The molecule has 0 bridgehead atoms. The van der Waals surface area contributed by atoms with Crippen LogP contribution in [-0.4, -0.2) is 70.3 Å². The lowest BCUT2D eigenvalue weighted by Gasteiger charge is -2.16.